The van der Waals surface area contributed by atoms with E-state index in [1.807, 2.05) is 0 Å². The van der Waals surface area contributed by atoms with Gasteiger partial charge in [0.15, 0.2) is 0 Å². The van der Waals surface area contributed by atoms with Crippen LogP contribution in [-0.4, -0.2) is 37.6 Å². The van der Waals surface area contributed by atoms with Crippen molar-refractivity contribution in [1.82, 2.24) is 10.2 Å². The van der Waals surface area contributed by atoms with Gasteiger partial charge in [-0.1, -0.05) is 0 Å². The lowest BCUT2D eigenvalue weighted by Crippen LogP contribution is -2.44. The van der Waals surface area contributed by atoms with Crippen molar-refractivity contribution in [1.29, 1.82) is 0 Å². The van der Waals surface area contributed by atoms with Gasteiger partial charge in [-0.2, -0.15) is 0 Å². The molecule has 2 heteroatoms. The van der Waals surface area contributed by atoms with E-state index in [0.29, 0.717) is 0 Å². The van der Waals surface area contributed by atoms with E-state index in [1.165, 1.54) is 32.5 Å². The molecule has 2 fully saturated rings. The zero-order valence-corrected chi connectivity index (χ0v) is 6.64. The number of nitrogens with zero attached hydrogens (tertiary/aromatic N) is 1. The summed E-state index contributed by atoms with van der Waals surface area (Å²) in [4.78, 5) is 2.43. The van der Waals surface area contributed by atoms with Crippen molar-refractivity contribution < 1.29 is 0 Å². The van der Waals surface area contributed by atoms with E-state index < -0.39 is 0 Å². The van der Waals surface area contributed by atoms with Gasteiger partial charge in [0, 0.05) is 12.6 Å². The lowest BCUT2D eigenvalue weighted by atomic mass is 9.93. The van der Waals surface area contributed by atoms with Crippen LogP contribution in [0.3, 0.4) is 0 Å². The molecule has 58 valence electrons. The third-order valence-electron chi connectivity index (χ3n) is 2.88. The van der Waals surface area contributed by atoms with Gasteiger partial charge in [-0.05, 0) is 38.9 Å². The van der Waals surface area contributed by atoms with Gasteiger partial charge in [0.25, 0.3) is 0 Å². The van der Waals surface area contributed by atoms with Crippen molar-refractivity contribution in [3.63, 3.8) is 0 Å². The molecule has 2 aliphatic rings. The molecule has 0 spiro atoms. The van der Waals surface area contributed by atoms with E-state index in [-0.39, 0.29) is 0 Å². The van der Waals surface area contributed by atoms with Gasteiger partial charge in [0.2, 0.25) is 0 Å². The first-order valence-electron chi connectivity index (χ1n) is 4.28. The van der Waals surface area contributed by atoms with Gasteiger partial charge in [0.1, 0.15) is 0 Å². The van der Waals surface area contributed by atoms with E-state index in [2.05, 4.69) is 17.3 Å². The van der Waals surface area contributed by atoms with Crippen molar-refractivity contribution in [3.8, 4) is 0 Å². The number of hydrogen-bond acceptors (Lipinski definition) is 2. The van der Waals surface area contributed by atoms with Crippen LogP contribution in [0, 0.1) is 5.92 Å². The molecule has 0 unspecified atom stereocenters. The van der Waals surface area contributed by atoms with Crippen LogP contribution in [0.4, 0.5) is 0 Å². The molecule has 2 heterocycles. The van der Waals surface area contributed by atoms with Crippen LogP contribution in [0.15, 0.2) is 0 Å². The van der Waals surface area contributed by atoms with Gasteiger partial charge < -0.3 is 10.2 Å². The number of hydrogen-bond donors (Lipinski definition) is 1. The summed E-state index contributed by atoms with van der Waals surface area (Å²) in [5, 5.41) is 3.55. The normalized spacial score (nSPS) is 41.7. The molecule has 0 bridgehead atoms. The Morgan fingerprint density at radius 1 is 1.40 bits per heavy atom. The second-order valence-corrected chi connectivity index (χ2v) is 3.66. The van der Waals surface area contributed by atoms with E-state index >= 15 is 0 Å². The van der Waals surface area contributed by atoms with Gasteiger partial charge >= 0.3 is 0 Å². The third-order valence-corrected chi connectivity index (χ3v) is 2.88. The summed E-state index contributed by atoms with van der Waals surface area (Å²) in [6.45, 7) is 3.83. The maximum Gasteiger partial charge on any atom is 0.0224 e. The van der Waals surface area contributed by atoms with Crippen LogP contribution in [0.1, 0.15) is 12.8 Å². The molecule has 2 rings (SSSR count). The zero-order valence-electron chi connectivity index (χ0n) is 6.64. The summed E-state index contributed by atoms with van der Waals surface area (Å²) < 4.78 is 0. The van der Waals surface area contributed by atoms with E-state index in [4.69, 9.17) is 0 Å². The Labute approximate surface area is 62.6 Å². The zero-order chi connectivity index (χ0) is 6.97. The van der Waals surface area contributed by atoms with Crippen LogP contribution in [0.25, 0.3) is 0 Å². The molecule has 0 amide bonds. The van der Waals surface area contributed by atoms with E-state index in [9.17, 15) is 0 Å². The molecule has 0 aromatic carbocycles. The fourth-order valence-corrected chi connectivity index (χ4v) is 2.19. The van der Waals surface area contributed by atoms with Crippen LogP contribution in [0.2, 0.25) is 0 Å². The molecule has 2 saturated heterocycles. The van der Waals surface area contributed by atoms with Crippen molar-refractivity contribution >= 4 is 0 Å². The van der Waals surface area contributed by atoms with Crippen LogP contribution < -0.4 is 5.32 Å². The summed E-state index contributed by atoms with van der Waals surface area (Å²) in [5.74, 6) is 0.996. The minimum Gasteiger partial charge on any atom is -0.312 e. The molecule has 0 aliphatic carbocycles. The molecular weight excluding hydrogens is 124 g/mol. The van der Waals surface area contributed by atoms with Crippen LogP contribution >= 0.6 is 0 Å². The third kappa shape index (κ3) is 1.06. The first kappa shape index (κ1) is 6.62. The Morgan fingerprint density at radius 3 is 3.20 bits per heavy atom. The maximum atomic E-state index is 3.55. The Kier molecular flexibility index (Phi) is 1.66. The molecule has 1 N–H and O–H groups in total. The molecule has 0 radical (unpaired) electrons. The Bertz CT molecular complexity index is 124. The highest BCUT2D eigenvalue weighted by Crippen LogP contribution is 2.23. The Morgan fingerprint density at radius 2 is 2.30 bits per heavy atom. The predicted molar refractivity (Wildman–Crippen MR) is 42.0 cm³/mol. The molecule has 2 aliphatic heterocycles. The fraction of sp³-hybridized carbons (Fsp3) is 1.00. The smallest absolute Gasteiger partial charge is 0.0224 e. The number of piperidine rings is 1. The summed E-state index contributed by atoms with van der Waals surface area (Å²) in [7, 11) is 2.22. The number of likely N-dealkylation sites (tertiary alicyclic amines) is 1. The minimum absolute atomic E-state index is 0.818. The van der Waals surface area contributed by atoms with E-state index in [1.54, 1.807) is 0 Å². The van der Waals surface area contributed by atoms with Gasteiger partial charge in [0.05, 0.1) is 0 Å². The lowest BCUT2D eigenvalue weighted by Gasteiger charge is -2.31. The number of nitrogens with one attached hydrogen (secondary N) is 1. The Balaban J connectivity index is 1.96. The highest BCUT2D eigenvalue weighted by atomic mass is 15.1. The largest absolute Gasteiger partial charge is 0.312 e. The number of likely N-dealkylation sites (N-methyl/N-ethyl adjacent to an activating group) is 1. The average molecular weight is 140 g/mol. The maximum absolute atomic E-state index is 3.55. The quantitative estimate of drug-likeness (QED) is 0.520. The van der Waals surface area contributed by atoms with Crippen molar-refractivity contribution in [2.75, 3.05) is 26.7 Å². The molecule has 10 heavy (non-hydrogen) atoms. The highest BCUT2D eigenvalue weighted by molar-refractivity contribution is 4.89. The number of rotatable bonds is 0. The first-order valence-corrected chi connectivity index (χ1v) is 4.28. The molecule has 0 aromatic rings. The lowest BCUT2D eigenvalue weighted by molar-refractivity contribution is 0.198. The Hall–Kier alpha value is -0.0800. The standard InChI is InChI=1S/C8H16N2/c1-10-5-3-7-2-4-9-8(7)6-10/h7-9H,2-6H2,1H3/t7-,8+/m0/s1. The first-order chi connectivity index (χ1) is 4.86. The van der Waals surface area contributed by atoms with Gasteiger partial charge in [-0.3, -0.25) is 0 Å². The minimum atomic E-state index is 0.818. The molecule has 2 atom stereocenters. The molecular formula is C8H16N2. The van der Waals surface area contributed by atoms with Crippen molar-refractivity contribution in [2.45, 2.75) is 18.9 Å². The molecule has 0 saturated carbocycles. The summed E-state index contributed by atoms with van der Waals surface area (Å²) in [6, 6.07) is 0.818. The summed E-state index contributed by atoms with van der Waals surface area (Å²) >= 11 is 0. The van der Waals surface area contributed by atoms with Crippen molar-refractivity contribution in [3.05, 3.63) is 0 Å². The van der Waals surface area contributed by atoms with Gasteiger partial charge in [-0.15, -0.1) is 0 Å². The topological polar surface area (TPSA) is 15.3 Å². The van der Waals surface area contributed by atoms with Crippen LogP contribution in [0.5, 0.6) is 0 Å². The molecule has 2 nitrogen and oxygen atoms in total. The second-order valence-electron chi connectivity index (χ2n) is 3.66. The number of fused-ring (bicyclic) bond motifs is 1. The van der Waals surface area contributed by atoms with Crippen molar-refractivity contribution in [2.24, 2.45) is 5.92 Å². The fourth-order valence-electron chi connectivity index (χ4n) is 2.19. The summed E-state index contributed by atoms with van der Waals surface area (Å²) in [5.41, 5.74) is 0. The second kappa shape index (κ2) is 2.51. The van der Waals surface area contributed by atoms with E-state index in [0.717, 1.165) is 12.0 Å². The SMILES string of the molecule is CN1CC[C@@H]2CCN[C@@H]2C1. The van der Waals surface area contributed by atoms with Crippen LogP contribution in [-0.2, 0) is 0 Å². The monoisotopic (exact) mass is 140 g/mol. The van der Waals surface area contributed by atoms with Gasteiger partial charge in [-0.25, -0.2) is 0 Å². The molecule has 0 aromatic heterocycles. The highest BCUT2D eigenvalue weighted by Gasteiger charge is 2.30. The summed E-state index contributed by atoms with van der Waals surface area (Å²) in [6.07, 6.45) is 2.83. The predicted octanol–water partition coefficient (Wildman–Crippen LogP) is 0.300. The average Bonchev–Trinajstić information content (AvgIpc) is 2.33.